The number of nitrogens with one attached hydrogen (secondary N) is 1. The average Bonchev–Trinajstić information content (AvgIpc) is 2.56. The highest BCUT2D eigenvalue weighted by atomic mass is 16.5. The van der Waals surface area contributed by atoms with Crippen LogP contribution in [0.4, 0.5) is 0 Å². The van der Waals surface area contributed by atoms with Gasteiger partial charge in [0.15, 0.2) is 0 Å². The first kappa shape index (κ1) is 9.30. The van der Waals surface area contributed by atoms with Crippen LogP contribution in [0.1, 0.15) is 0 Å². The van der Waals surface area contributed by atoms with Crippen LogP contribution in [-0.4, -0.2) is 35.5 Å². The topological polar surface area (TPSA) is 61.7 Å². The number of hydrogen-bond donors (Lipinski definition) is 3. The van der Waals surface area contributed by atoms with Gasteiger partial charge >= 0.3 is 0 Å². The zero-order chi connectivity index (χ0) is 9.97. The highest BCUT2D eigenvalue weighted by Gasteiger charge is 2.26. The van der Waals surface area contributed by atoms with Gasteiger partial charge in [-0.15, -0.1) is 0 Å². The lowest BCUT2D eigenvalue weighted by molar-refractivity contribution is 0.0737. The number of aliphatic hydroxyl groups is 1. The Hall–Kier alpha value is -1.26. The monoisotopic (exact) mass is 195 g/mol. The molecule has 1 aliphatic heterocycles. The van der Waals surface area contributed by atoms with Crippen molar-refractivity contribution in [2.75, 3.05) is 13.1 Å². The quantitative estimate of drug-likeness (QED) is 0.626. The summed E-state index contributed by atoms with van der Waals surface area (Å²) in [5.41, 5.74) is 0. The molecule has 1 fully saturated rings. The molecule has 1 aromatic carbocycles. The van der Waals surface area contributed by atoms with Crippen LogP contribution < -0.4 is 10.1 Å². The van der Waals surface area contributed by atoms with Crippen LogP contribution in [0.15, 0.2) is 24.3 Å². The summed E-state index contributed by atoms with van der Waals surface area (Å²) in [6, 6.07) is 6.48. The first-order valence-electron chi connectivity index (χ1n) is 4.60. The van der Waals surface area contributed by atoms with E-state index in [0.717, 1.165) is 0 Å². The molecule has 1 aliphatic rings. The van der Waals surface area contributed by atoms with Crippen LogP contribution in [0.2, 0.25) is 0 Å². The lowest BCUT2D eigenvalue weighted by Crippen LogP contribution is -2.29. The van der Waals surface area contributed by atoms with Gasteiger partial charge in [-0.2, -0.15) is 0 Å². The summed E-state index contributed by atoms with van der Waals surface area (Å²) in [7, 11) is 0. The Balaban J connectivity index is 2.00. The maximum Gasteiger partial charge on any atom is 0.138 e. The molecule has 0 radical (unpaired) electrons. The maximum atomic E-state index is 9.47. The molecule has 14 heavy (non-hydrogen) atoms. The van der Waals surface area contributed by atoms with Gasteiger partial charge in [0, 0.05) is 13.1 Å². The van der Waals surface area contributed by atoms with E-state index in [-0.39, 0.29) is 11.9 Å². The van der Waals surface area contributed by atoms with Crippen LogP contribution in [0.5, 0.6) is 11.5 Å². The highest BCUT2D eigenvalue weighted by molar-refractivity contribution is 5.30. The molecule has 1 heterocycles. The summed E-state index contributed by atoms with van der Waals surface area (Å²) in [5.74, 6) is 0.873. The van der Waals surface area contributed by atoms with Gasteiger partial charge in [0.25, 0.3) is 0 Å². The predicted octanol–water partition coefficient (Wildman–Crippen LogP) is 0.104. The fourth-order valence-electron chi connectivity index (χ4n) is 1.46. The minimum absolute atomic E-state index is 0.195. The Morgan fingerprint density at radius 1 is 1.21 bits per heavy atom. The van der Waals surface area contributed by atoms with Crippen molar-refractivity contribution in [3.63, 3.8) is 0 Å². The first-order valence-corrected chi connectivity index (χ1v) is 4.60. The van der Waals surface area contributed by atoms with Gasteiger partial charge in [-0.1, -0.05) is 0 Å². The van der Waals surface area contributed by atoms with Crippen molar-refractivity contribution in [1.82, 2.24) is 5.32 Å². The fraction of sp³-hybridized carbons (Fsp3) is 0.400. The summed E-state index contributed by atoms with van der Waals surface area (Å²) < 4.78 is 5.52. The first-order chi connectivity index (χ1) is 6.75. The molecule has 3 N–H and O–H groups in total. The Morgan fingerprint density at radius 3 is 2.50 bits per heavy atom. The van der Waals surface area contributed by atoms with E-state index in [1.54, 1.807) is 24.3 Å². The number of benzene rings is 1. The molecule has 0 amide bonds. The highest BCUT2D eigenvalue weighted by Crippen LogP contribution is 2.18. The van der Waals surface area contributed by atoms with Crippen LogP contribution in [0.3, 0.4) is 0 Å². The number of β-amino-alcohol motifs (C(OH)–C–C–N with tert-alkyl or cyclic N) is 1. The minimum atomic E-state index is -0.455. The second kappa shape index (κ2) is 3.86. The third-order valence-electron chi connectivity index (χ3n) is 2.25. The maximum absolute atomic E-state index is 9.47. The van der Waals surface area contributed by atoms with Crippen molar-refractivity contribution in [3.8, 4) is 11.5 Å². The molecular formula is C10H13NO3. The van der Waals surface area contributed by atoms with Crippen molar-refractivity contribution < 1.29 is 14.9 Å². The molecule has 1 saturated heterocycles. The molecule has 0 spiro atoms. The summed E-state index contributed by atoms with van der Waals surface area (Å²) in [6.07, 6.45) is -0.650. The Labute approximate surface area is 82.1 Å². The lowest BCUT2D eigenvalue weighted by Gasteiger charge is -2.15. The molecule has 4 heteroatoms. The minimum Gasteiger partial charge on any atom is -0.508 e. The standard InChI is InChI=1S/C10H13NO3/c12-7-1-3-8(4-2-7)14-10-6-11-5-9(10)13/h1-4,9-13H,5-6H2/t9-,10-/m0/s1. The number of aromatic hydroxyl groups is 1. The van der Waals surface area contributed by atoms with Crippen molar-refractivity contribution >= 4 is 0 Å². The van der Waals surface area contributed by atoms with Crippen LogP contribution >= 0.6 is 0 Å². The van der Waals surface area contributed by atoms with E-state index < -0.39 is 6.10 Å². The molecule has 4 nitrogen and oxygen atoms in total. The lowest BCUT2D eigenvalue weighted by atomic mass is 10.2. The number of hydrogen-bond acceptors (Lipinski definition) is 4. The summed E-state index contributed by atoms with van der Waals surface area (Å²) in [4.78, 5) is 0. The Bertz CT molecular complexity index is 299. The number of ether oxygens (including phenoxy) is 1. The van der Waals surface area contributed by atoms with Crippen molar-refractivity contribution in [2.45, 2.75) is 12.2 Å². The molecule has 0 saturated carbocycles. The molecule has 1 aromatic rings. The largest absolute Gasteiger partial charge is 0.508 e. The SMILES string of the molecule is Oc1ccc(O[C@H]2CNC[C@@H]2O)cc1. The van der Waals surface area contributed by atoms with Gasteiger partial charge in [-0.05, 0) is 24.3 Å². The summed E-state index contributed by atoms with van der Waals surface area (Å²) in [6.45, 7) is 1.23. The van der Waals surface area contributed by atoms with Gasteiger partial charge in [-0.3, -0.25) is 0 Å². The zero-order valence-electron chi connectivity index (χ0n) is 7.68. The second-order valence-electron chi connectivity index (χ2n) is 3.38. The van der Waals surface area contributed by atoms with Gasteiger partial charge in [0.05, 0.1) is 0 Å². The van der Waals surface area contributed by atoms with E-state index in [4.69, 9.17) is 9.84 Å². The summed E-state index contributed by atoms with van der Waals surface area (Å²) in [5, 5.41) is 21.5. The molecule has 0 unspecified atom stereocenters. The average molecular weight is 195 g/mol. The number of phenolic OH excluding ortho intramolecular Hbond substituents is 1. The van der Waals surface area contributed by atoms with Crippen LogP contribution in [-0.2, 0) is 0 Å². The molecule has 0 bridgehead atoms. The van der Waals surface area contributed by atoms with Gasteiger partial charge in [0.1, 0.15) is 23.7 Å². The van der Waals surface area contributed by atoms with Gasteiger partial charge in [0.2, 0.25) is 0 Å². The van der Waals surface area contributed by atoms with E-state index in [0.29, 0.717) is 18.8 Å². The van der Waals surface area contributed by atoms with E-state index in [2.05, 4.69) is 5.32 Å². The molecule has 76 valence electrons. The van der Waals surface area contributed by atoms with E-state index in [1.807, 2.05) is 0 Å². The number of rotatable bonds is 2. The van der Waals surface area contributed by atoms with Crippen LogP contribution in [0, 0.1) is 0 Å². The fourth-order valence-corrected chi connectivity index (χ4v) is 1.46. The van der Waals surface area contributed by atoms with Crippen molar-refractivity contribution in [1.29, 1.82) is 0 Å². The predicted molar refractivity (Wildman–Crippen MR) is 51.4 cm³/mol. The third kappa shape index (κ3) is 1.97. The third-order valence-corrected chi connectivity index (χ3v) is 2.25. The number of phenols is 1. The van der Waals surface area contributed by atoms with E-state index in [9.17, 15) is 5.11 Å². The van der Waals surface area contributed by atoms with Gasteiger partial charge < -0.3 is 20.3 Å². The smallest absolute Gasteiger partial charge is 0.138 e. The number of aliphatic hydroxyl groups excluding tert-OH is 1. The van der Waals surface area contributed by atoms with Crippen LogP contribution in [0.25, 0.3) is 0 Å². The van der Waals surface area contributed by atoms with Gasteiger partial charge in [-0.25, -0.2) is 0 Å². The molecule has 0 aliphatic carbocycles. The molecule has 2 rings (SSSR count). The van der Waals surface area contributed by atoms with E-state index >= 15 is 0 Å². The van der Waals surface area contributed by atoms with E-state index in [1.165, 1.54) is 0 Å². The zero-order valence-corrected chi connectivity index (χ0v) is 7.68. The Kier molecular flexibility index (Phi) is 2.56. The molecule has 2 atom stereocenters. The second-order valence-corrected chi connectivity index (χ2v) is 3.38. The molecular weight excluding hydrogens is 182 g/mol. The normalized spacial score (nSPS) is 26.4. The van der Waals surface area contributed by atoms with Crippen molar-refractivity contribution in [2.24, 2.45) is 0 Å². The Morgan fingerprint density at radius 2 is 1.93 bits per heavy atom. The summed E-state index contributed by atoms with van der Waals surface area (Å²) >= 11 is 0. The van der Waals surface area contributed by atoms with Crippen molar-refractivity contribution in [3.05, 3.63) is 24.3 Å². The molecule has 0 aromatic heterocycles.